The molecular formula is C36H49ClN6O. The Kier molecular flexibility index (Phi) is 10.3. The van der Waals surface area contributed by atoms with E-state index in [0.29, 0.717) is 18.2 Å². The molecule has 8 heteroatoms. The van der Waals surface area contributed by atoms with Crippen LogP contribution in [-0.4, -0.2) is 68.7 Å². The predicted molar refractivity (Wildman–Crippen MR) is 176 cm³/mol. The van der Waals surface area contributed by atoms with E-state index >= 15 is 0 Å². The molecule has 3 atom stereocenters. The fourth-order valence-electron chi connectivity index (χ4n) is 8.41. The first-order chi connectivity index (χ1) is 21.5. The normalized spacial score (nSPS) is 23.8. The van der Waals surface area contributed by atoms with Crippen molar-refractivity contribution in [2.24, 2.45) is 23.0 Å². The number of halogens is 1. The van der Waals surface area contributed by atoms with E-state index in [0.717, 1.165) is 75.4 Å². The zero-order valence-electron chi connectivity index (χ0n) is 26.1. The highest BCUT2D eigenvalue weighted by atomic mass is 35.5. The van der Waals surface area contributed by atoms with Crippen molar-refractivity contribution in [2.75, 3.05) is 26.2 Å². The lowest BCUT2D eigenvalue weighted by molar-refractivity contribution is -0.142. The van der Waals surface area contributed by atoms with E-state index in [9.17, 15) is 4.79 Å². The molecule has 1 amide bonds. The van der Waals surface area contributed by atoms with Crippen molar-refractivity contribution < 1.29 is 4.79 Å². The van der Waals surface area contributed by atoms with E-state index in [1.807, 2.05) is 23.1 Å². The van der Waals surface area contributed by atoms with Gasteiger partial charge in [-0.3, -0.25) is 14.4 Å². The molecular weight excluding hydrogens is 568 g/mol. The van der Waals surface area contributed by atoms with Gasteiger partial charge in [0, 0.05) is 43.3 Å². The summed E-state index contributed by atoms with van der Waals surface area (Å²) in [6.45, 7) is 4.40. The molecule has 1 aliphatic carbocycles. The fourth-order valence-corrected chi connectivity index (χ4v) is 8.53. The summed E-state index contributed by atoms with van der Waals surface area (Å²) in [5, 5.41) is 5.22. The highest BCUT2D eigenvalue weighted by Gasteiger charge is 2.45. The van der Waals surface area contributed by atoms with Gasteiger partial charge in [-0.25, -0.2) is 4.98 Å². The van der Waals surface area contributed by atoms with Crippen molar-refractivity contribution in [3.8, 4) is 0 Å². The molecule has 2 saturated heterocycles. The van der Waals surface area contributed by atoms with Gasteiger partial charge in [-0.2, -0.15) is 5.10 Å². The largest absolute Gasteiger partial charge is 0.342 e. The molecule has 0 radical (unpaired) electrons. The maximum absolute atomic E-state index is 14.7. The van der Waals surface area contributed by atoms with Crippen LogP contribution in [0.15, 0.2) is 67.3 Å². The third-order valence-electron chi connectivity index (χ3n) is 11.0. The number of rotatable bonds is 10. The molecule has 1 saturated carbocycles. The lowest BCUT2D eigenvalue weighted by Gasteiger charge is -2.49. The number of hydrogen-bond acceptors (Lipinski definition) is 5. The maximum atomic E-state index is 14.7. The highest BCUT2D eigenvalue weighted by molar-refractivity contribution is 6.30. The van der Waals surface area contributed by atoms with Crippen LogP contribution >= 0.6 is 11.6 Å². The van der Waals surface area contributed by atoms with E-state index in [1.165, 1.54) is 37.7 Å². The van der Waals surface area contributed by atoms with Crippen molar-refractivity contribution in [3.05, 3.63) is 83.4 Å². The zero-order valence-corrected chi connectivity index (χ0v) is 26.8. The Hall–Kier alpha value is -2.74. The molecule has 3 fully saturated rings. The zero-order chi connectivity index (χ0) is 30.4. The van der Waals surface area contributed by atoms with E-state index in [4.69, 9.17) is 17.3 Å². The van der Waals surface area contributed by atoms with Gasteiger partial charge in [0.05, 0.1) is 5.92 Å². The Morgan fingerprint density at radius 2 is 1.70 bits per heavy atom. The smallest absolute Gasteiger partial charge is 0.227 e. The van der Waals surface area contributed by atoms with Gasteiger partial charge in [-0.1, -0.05) is 73.3 Å². The van der Waals surface area contributed by atoms with Crippen LogP contribution in [0.3, 0.4) is 0 Å². The molecule has 44 heavy (non-hydrogen) atoms. The molecule has 2 aromatic carbocycles. The third kappa shape index (κ3) is 7.55. The summed E-state index contributed by atoms with van der Waals surface area (Å²) >= 11 is 6.25. The predicted octanol–water partition coefficient (Wildman–Crippen LogP) is 6.01. The number of nitrogens with zero attached hydrogens (tertiary/aromatic N) is 5. The minimum Gasteiger partial charge on any atom is -0.342 e. The average Bonchev–Trinajstić information content (AvgIpc) is 3.58. The quantitative estimate of drug-likeness (QED) is 0.302. The van der Waals surface area contributed by atoms with Crippen molar-refractivity contribution >= 4 is 17.5 Å². The Bertz CT molecular complexity index is 1300. The summed E-state index contributed by atoms with van der Waals surface area (Å²) in [7, 11) is 0. The number of carbonyl (C=O) groups excluding carboxylic acids is 1. The summed E-state index contributed by atoms with van der Waals surface area (Å²) in [4.78, 5) is 23.7. The molecule has 3 aromatic rings. The molecule has 6 rings (SSSR count). The number of likely N-dealkylation sites (tertiary alicyclic amines) is 2. The first-order valence-electron chi connectivity index (χ1n) is 16.9. The molecule has 2 N–H and O–H groups in total. The fraction of sp³-hybridized carbons (Fsp3) is 0.583. The topological polar surface area (TPSA) is 80.3 Å². The van der Waals surface area contributed by atoms with Crippen molar-refractivity contribution in [1.82, 2.24) is 24.6 Å². The van der Waals surface area contributed by atoms with Gasteiger partial charge in [0.25, 0.3) is 0 Å². The summed E-state index contributed by atoms with van der Waals surface area (Å²) in [6.07, 6.45) is 15.6. The van der Waals surface area contributed by atoms with Gasteiger partial charge in [-0.15, -0.1) is 0 Å². The monoisotopic (exact) mass is 616 g/mol. The molecule has 236 valence electrons. The summed E-state index contributed by atoms with van der Waals surface area (Å²) in [5.41, 5.74) is 9.30. The van der Waals surface area contributed by atoms with Gasteiger partial charge < -0.3 is 10.6 Å². The summed E-state index contributed by atoms with van der Waals surface area (Å²) in [5.74, 6) is 0.838. The first kappa shape index (κ1) is 31.3. The van der Waals surface area contributed by atoms with Crippen molar-refractivity contribution in [3.63, 3.8) is 0 Å². The van der Waals surface area contributed by atoms with Crippen LogP contribution < -0.4 is 5.73 Å². The Morgan fingerprint density at radius 1 is 0.955 bits per heavy atom. The number of amides is 1. The SMILES string of the molecule is NC1CCN(CCc2ccccc2)C([C@@H](Cc2ccc(Cl)cc2)C(=O)N2CCC(Cn3cncn3)(C3CCCCC3)CC2)C1. The molecule has 0 spiro atoms. The molecule has 3 aliphatic rings. The number of nitrogens with two attached hydrogens (primary N) is 1. The van der Waals surface area contributed by atoms with E-state index in [1.54, 1.807) is 6.33 Å². The van der Waals surface area contributed by atoms with Crippen molar-refractivity contribution in [2.45, 2.75) is 89.3 Å². The highest BCUT2D eigenvalue weighted by Crippen LogP contribution is 2.47. The van der Waals surface area contributed by atoms with E-state index < -0.39 is 0 Å². The second-order valence-electron chi connectivity index (χ2n) is 13.7. The molecule has 7 nitrogen and oxygen atoms in total. The van der Waals surface area contributed by atoms with Gasteiger partial charge in [-0.05, 0) is 92.5 Å². The molecule has 1 aromatic heterocycles. The number of carbonyl (C=O) groups is 1. The Morgan fingerprint density at radius 3 is 2.41 bits per heavy atom. The van der Waals surface area contributed by atoms with Crippen LogP contribution in [0.25, 0.3) is 0 Å². The minimum atomic E-state index is -0.143. The standard InChI is InChI=1S/C36H49ClN6O/c37-31-13-11-29(12-14-31)23-33(34-24-32(38)16-20-41(34)19-15-28-7-3-1-4-8-28)35(44)42-21-17-36(18-22-42,25-43-27-39-26-40-43)30-9-5-2-6-10-30/h1,3-4,7-8,11-14,26-27,30,32-34H,2,5-6,9-10,15-25,38H2/t32?,33-,34?/m1/s1. The number of aromatic nitrogens is 3. The van der Waals surface area contributed by atoms with E-state index in [2.05, 4.69) is 62.3 Å². The molecule has 3 heterocycles. The van der Waals surface area contributed by atoms with Crippen LogP contribution in [0.1, 0.15) is 68.9 Å². The van der Waals surface area contributed by atoms with Crippen LogP contribution in [0.5, 0.6) is 0 Å². The molecule has 0 bridgehead atoms. The van der Waals surface area contributed by atoms with Crippen LogP contribution in [0, 0.1) is 17.3 Å². The second kappa shape index (κ2) is 14.6. The summed E-state index contributed by atoms with van der Waals surface area (Å²) < 4.78 is 2.03. The maximum Gasteiger partial charge on any atom is 0.227 e. The molecule has 2 aliphatic heterocycles. The number of hydrogen-bond donors (Lipinski definition) is 1. The Labute approximate surface area is 268 Å². The molecule has 2 unspecified atom stereocenters. The van der Waals surface area contributed by atoms with Gasteiger partial charge in [0.2, 0.25) is 5.91 Å². The van der Waals surface area contributed by atoms with Crippen LogP contribution in [0.4, 0.5) is 0 Å². The Balaban J connectivity index is 1.22. The number of benzene rings is 2. The van der Waals surface area contributed by atoms with Gasteiger partial charge in [0.15, 0.2) is 0 Å². The average molecular weight is 617 g/mol. The van der Waals surface area contributed by atoms with Gasteiger partial charge in [0.1, 0.15) is 12.7 Å². The lowest BCUT2D eigenvalue weighted by Crippen LogP contribution is -2.57. The summed E-state index contributed by atoms with van der Waals surface area (Å²) in [6, 6.07) is 19.0. The lowest BCUT2D eigenvalue weighted by atomic mass is 9.63. The second-order valence-corrected chi connectivity index (χ2v) is 14.1. The van der Waals surface area contributed by atoms with Gasteiger partial charge >= 0.3 is 0 Å². The third-order valence-corrected chi connectivity index (χ3v) is 11.2. The van der Waals surface area contributed by atoms with Crippen molar-refractivity contribution in [1.29, 1.82) is 0 Å². The van der Waals surface area contributed by atoms with E-state index in [-0.39, 0.29) is 23.4 Å². The van der Waals surface area contributed by atoms with Crippen LogP contribution in [0.2, 0.25) is 5.02 Å². The minimum absolute atomic E-state index is 0.116. The number of piperidine rings is 2. The first-order valence-corrected chi connectivity index (χ1v) is 17.3. The van der Waals surface area contributed by atoms with Crippen LogP contribution in [-0.2, 0) is 24.2 Å².